The zero-order chi connectivity index (χ0) is 23.4. The van der Waals surface area contributed by atoms with Crippen LogP contribution in [-0.4, -0.2) is 43.2 Å². The number of benzene rings is 1. The molecular weight excluding hydrogens is 513 g/mol. The quantitative estimate of drug-likeness (QED) is 0.165. The summed E-state index contributed by atoms with van der Waals surface area (Å²) in [4.78, 5) is 5.61. The van der Waals surface area contributed by atoms with Gasteiger partial charge < -0.3 is 9.46 Å². The van der Waals surface area contributed by atoms with Crippen LogP contribution in [0.2, 0.25) is 0 Å². The lowest BCUT2D eigenvalue weighted by molar-refractivity contribution is 0.417. The molecule has 0 amide bonds. The number of fused-ring (bicyclic) bond motifs is 1. The lowest BCUT2D eigenvalue weighted by Crippen LogP contribution is -2.07. The number of hydrogen-bond acceptors (Lipinski definition) is 10. The van der Waals surface area contributed by atoms with E-state index in [0.717, 1.165) is 33.1 Å². The minimum atomic E-state index is 0.0871. The minimum absolute atomic E-state index is 0.0871. The third-order valence-electron chi connectivity index (χ3n) is 5.26. The summed E-state index contributed by atoms with van der Waals surface area (Å²) < 4.78 is 12.7. The van der Waals surface area contributed by atoms with E-state index in [2.05, 4.69) is 56.3 Å². The highest BCUT2D eigenvalue weighted by molar-refractivity contribution is 8.59. The number of nitrogens with one attached hydrogen (secondary N) is 1. The first-order valence-electron chi connectivity index (χ1n) is 9.98. The molecule has 5 rings (SSSR count). The normalized spacial score (nSPS) is 14.7. The Morgan fingerprint density at radius 3 is 2.58 bits per heavy atom. The molecule has 3 aromatic heterocycles. The zero-order valence-corrected chi connectivity index (χ0v) is 22.5. The zero-order valence-electron chi connectivity index (χ0n) is 18.3. The van der Waals surface area contributed by atoms with E-state index in [9.17, 15) is 0 Å². The lowest BCUT2D eigenvalue weighted by atomic mass is 10.2. The number of thiol groups is 2. The first kappa shape index (κ1) is 24.5. The summed E-state index contributed by atoms with van der Waals surface area (Å²) >= 11 is 11.9. The van der Waals surface area contributed by atoms with Gasteiger partial charge in [-0.3, -0.25) is 4.68 Å². The van der Waals surface area contributed by atoms with Crippen molar-refractivity contribution in [3.8, 4) is 11.6 Å². The molecule has 1 aromatic carbocycles. The number of hydrogen-bond donors (Lipinski definition) is 3. The molecular formula is C21H24N6OS5. The molecule has 0 radical (unpaired) electrons. The van der Waals surface area contributed by atoms with Gasteiger partial charge >= 0.3 is 0 Å². The Labute approximate surface area is 216 Å². The molecule has 12 heteroatoms. The Kier molecular flexibility index (Phi) is 8.00. The van der Waals surface area contributed by atoms with Gasteiger partial charge in [-0.1, -0.05) is 0 Å². The van der Waals surface area contributed by atoms with Crippen molar-refractivity contribution >= 4 is 75.4 Å². The van der Waals surface area contributed by atoms with Crippen molar-refractivity contribution in [1.29, 1.82) is 0 Å². The summed E-state index contributed by atoms with van der Waals surface area (Å²) in [5.41, 5.74) is 3.13. The maximum absolute atomic E-state index is 5.55. The second-order valence-electron chi connectivity index (χ2n) is 7.22. The molecule has 0 atom stereocenters. The van der Waals surface area contributed by atoms with Crippen molar-refractivity contribution in [2.75, 3.05) is 23.3 Å². The Morgan fingerprint density at radius 1 is 1.09 bits per heavy atom. The van der Waals surface area contributed by atoms with Crippen LogP contribution in [0, 0.1) is 0 Å². The van der Waals surface area contributed by atoms with Crippen LogP contribution in [0.4, 0.5) is 5.69 Å². The lowest BCUT2D eigenvalue weighted by Gasteiger charge is -2.19. The van der Waals surface area contributed by atoms with E-state index in [0.29, 0.717) is 0 Å². The SMILES string of the molecule is COc1ccc2cnn(C)c2c1NSc1ccc(-n2cc(C3(C)SCCS3)cn2)nc1.SS. The molecule has 1 fully saturated rings. The predicted octanol–water partition coefficient (Wildman–Crippen LogP) is 5.70. The number of thioether (sulfide) groups is 2. The second-order valence-corrected chi connectivity index (χ2v) is 11.4. The van der Waals surface area contributed by atoms with Gasteiger partial charge in [-0.15, -0.1) is 46.8 Å². The molecule has 1 N–H and O–H groups in total. The summed E-state index contributed by atoms with van der Waals surface area (Å²) in [5, 5.41) is 9.95. The average molecular weight is 537 g/mol. The van der Waals surface area contributed by atoms with Crippen molar-refractivity contribution in [3.63, 3.8) is 0 Å². The molecule has 174 valence electrons. The molecule has 1 saturated heterocycles. The molecule has 0 unspecified atom stereocenters. The number of nitrogens with zero attached hydrogens (tertiary/aromatic N) is 5. The van der Waals surface area contributed by atoms with Gasteiger partial charge in [-0.2, -0.15) is 10.2 Å². The fourth-order valence-electron chi connectivity index (χ4n) is 3.56. The highest BCUT2D eigenvalue weighted by atomic mass is 33.1. The highest BCUT2D eigenvalue weighted by Crippen LogP contribution is 2.51. The van der Waals surface area contributed by atoms with Crippen molar-refractivity contribution in [1.82, 2.24) is 24.5 Å². The van der Waals surface area contributed by atoms with E-state index in [1.54, 1.807) is 7.11 Å². The maximum atomic E-state index is 5.55. The summed E-state index contributed by atoms with van der Waals surface area (Å²) in [7, 11) is 3.60. The standard InChI is InChI=1S/C21H22N6OS3.H2S2/c1-21(29-8-9-30-21)15-11-24-27(13-15)18-7-5-16(12-22-18)31-25-19-17(28-3)6-4-14-10-23-26(2)20(14)19;1-2/h4-7,10-13,25H,8-9H2,1-3H3;1-2H. The molecule has 4 heterocycles. The first-order chi connectivity index (χ1) is 16.1. The molecule has 0 spiro atoms. The smallest absolute Gasteiger partial charge is 0.153 e. The number of aryl methyl sites for hydroxylation is 1. The van der Waals surface area contributed by atoms with Crippen molar-refractivity contribution in [2.24, 2.45) is 7.05 Å². The largest absolute Gasteiger partial charge is 0.494 e. The number of aromatic nitrogens is 5. The van der Waals surface area contributed by atoms with Gasteiger partial charge in [-0.25, -0.2) is 9.67 Å². The van der Waals surface area contributed by atoms with Gasteiger partial charge in [-0.05, 0) is 43.1 Å². The van der Waals surface area contributed by atoms with E-state index in [1.165, 1.54) is 29.0 Å². The first-order valence-corrected chi connectivity index (χ1v) is 14.4. The van der Waals surface area contributed by atoms with Crippen LogP contribution in [0.1, 0.15) is 12.5 Å². The van der Waals surface area contributed by atoms with Gasteiger partial charge in [0.25, 0.3) is 0 Å². The number of pyridine rings is 1. The van der Waals surface area contributed by atoms with Crippen molar-refractivity contribution in [3.05, 3.63) is 54.6 Å². The Balaban J connectivity index is 0.00000126. The molecule has 0 bridgehead atoms. The van der Waals surface area contributed by atoms with Crippen LogP contribution in [0.5, 0.6) is 5.75 Å². The third-order valence-corrected chi connectivity index (χ3v) is 9.39. The molecule has 33 heavy (non-hydrogen) atoms. The number of anilines is 1. The topological polar surface area (TPSA) is 69.8 Å². The Morgan fingerprint density at radius 2 is 1.88 bits per heavy atom. The van der Waals surface area contributed by atoms with E-state index < -0.39 is 0 Å². The summed E-state index contributed by atoms with van der Waals surface area (Å²) in [6.45, 7) is 2.27. The molecule has 1 aliphatic heterocycles. The van der Waals surface area contributed by atoms with E-state index in [1.807, 2.05) is 82.8 Å². The van der Waals surface area contributed by atoms with Gasteiger partial charge in [0.1, 0.15) is 11.4 Å². The van der Waals surface area contributed by atoms with Crippen LogP contribution in [-0.2, 0) is 11.1 Å². The van der Waals surface area contributed by atoms with Crippen LogP contribution in [0.15, 0.2) is 53.9 Å². The molecule has 7 nitrogen and oxygen atoms in total. The van der Waals surface area contributed by atoms with Gasteiger partial charge in [0.05, 0.1) is 29.1 Å². The minimum Gasteiger partial charge on any atom is -0.494 e. The maximum Gasteiger partial charge on any atom is 0.153 e. The molecule has 0 aliphatic carbocycles. The average Bonchev–Trinajstić information content (AvgIpc) is 3.60. The fraction of sp³-hybridized carbons (Fsp3) is 0.286. The van der Waals surface area contributed by atoms with Crippen molar-refractivity contribution < 1.29 is 4.74 Å². The van der Waals surface area contributed by atoms with Crippen LogP contribution in [0.3, 0.4) is 0 Å². The number of rotatable bonds is 6. The molecule has 0 saturated carbocycles. The molecule has 1 aliphatic rings. The van der Waals surface area contributed by atoms with E-state index in [-0.39, 0.29) is 4.08 Å². The molecule has 4 aromatic rings. The third kappa shape index (κ3) is 5.09. The Bertz CT molecular complexity index is 1220. The fourth-order valence-corrected chi connectivity index (χ4v) is 7.04. The van der Waals surface area contributed by atoms with Crippen molar-refractivity contribution in [2.45, 2.75) is 15.9 Å². The number of methoxy groups -OCH3 is 1. The van der Waals surface area contributed by atoms with Crippen LogP contribution >= 0.6 is 58.8 Å². The van der Waals surface area contributed by atoms with E-state index >= 15 is 0 Å². The second kappa shape index (κ2) is 10.8. The summed E-state index contributed by atoms with van der Waals surface area (Å²) in [6.07, 6.45) is 7.75. The van der Waals surface area contributed by atoms with Gasteiger partial charge in [0.2, 0.25) is 0 Å². The van der Waals surface area contributed by atoms with Crippen LogP contribution < -0.4 is 9.46 Å². The summed E-state index contributed by atoms with van der Waals surface area (Å²) in [5.74, 6) is 3.94. The van der Waals surface area contributed by atoms with E-state index in [4.69, 9.17) is 4.74 Å². The number of ether oxygens (including phenoxy) is 1. The van der Waals surface area contributed by atoms with Gasteiger partial charge in [0, 0.05) is 46.8 Å². The monoisotopic (exact) mass is 536 g/mol. The summed E-state index contributed by atoms with van der Waals surface area (Å²) in [6, 6.07) is 7.98. The Hall–Kier alpha value is -1.60. The van der Waals surface area contributed by atoms with Crippen LogP contribution in [0.25, 0.3) is 16.7 Å². The highest BCUT2D eigenvalue weighted by Gasteiger charge is 2.33. The predicted molar refractivity (Wildman–Crippen MR) is 148 cm³/mol. The van der Waals surface area contributed by atoms with Gasteiger partial charge in [0.15, 0.2) is 5.82 Å².